The van der Waals surface area contributed by atoms with Gasteiger partial charge in [-0.05, 0) is 54.2 Å². The third kappa shape index (κ3) is 4.39. The summed E-state index contributed by atoms with van der Waals surface area (Å²) in [6.45, 7) is 1.54. The summed E-state index contributed by atoms with van der Waals surface area (Å²) in [5.41, 5.74) is 6.67. The monoisotopic (exact) mass is 401 g/mol. The van der Waals surface area contributed by atoms with Gasteiger partial charge in [0, 0.05) is 29.8 Å². The number of aromatic nitrogens is 2. The number of unbranched alkanes of at least 4 members (excludes halogenated alkanes) is 1. The summed E-state index contributed by atoms with van der Waals surface area (Å²) in [7, 11) is 6.40. The van der Waals surface area contributed by atoms with Crippen molar-refractivity contribution >= 4 is 30.0 Å². The summed E-state index contributed by atoms with van der Waals surface area (Å²) >= 11 is 0. The number of hydrogen-bond donors (Lipinski definition) is 0. The quantitative estimate of drug-likeness (QED) is 0.264. The van der Waals surface area contributed by atoms with Crippen molar-refractivity contribution in [1.29, 1.82) is 5.26 Å². The molecule has 2 radical (unpaired) electrons. The first-order chi connectivity index (χ1) is 15.1. The SMILES string of the molecule is [B]c1cc(-c2ccc(CCCC#N)cc2)ccc1-c1cc(C(C)=O)c2cnccc2n1. The van der Waals surface area contributed by atoms with Crippen molar-refractivity contribution in [2.24, 2.45) is 0 Å². The zero-order chi connectivity index (χ0) is 21.8. The zero-order valence-electron chi connectivity index (χ0n) is 17.3. The Morgan fingerprint density at radius 1 is 1.06 bits per heavy atom. The van der Waals surface area contributed by atoms with Crippen molar-refractivity contribution < 1.29 is 4.79 Å². The maximum Gasteiger partial charge on any atom is 0.160 e. The predicted molar refractivity (Wildman–Crippen MR) is 124 cm³/mol. The van der Waals surface area contributed by atoms with Gasteiger partial charge in [-0.3, -0.25) is 9.78 Å². The molecule has 0 aliphatic carbocycles. The van der Waals surface area contributed by atoms with E-state index in [0.717, 1.165) is 34.9 Å². The normalized spacial score (nSPS) is 10.7. The zero-order valence-corrected chi connectivity index (χ0v) is 17.3. The fourth-order valence-corrected chi connectivity index (χ4v) is 3.71. The van der Waals surface area contributed by atoms with Gasteiger partial charge in [-0.15, -0.1) is 0 Å². The first-order valence-electron chi connectivity index (χ1n) is 10.2. The van der Waals surface area contributed by atoms with Crippen LogP contribution in [0.4, 0.5) is 0 Å². The van der Waals surface area contributed by atoms with E-state index in [1.165, 1.54) is 5.56 Å². The van der Waals surface area contributed by atoms with Crippen LogP contribution in [0.5, 0.6) is 0 Å². The van der Waals surface area contributed by atoms with Crippen molar-refractivity contribution in [3.63, 3.8) is 0 Å². The number of benzene rings is 2. The molecule has 0 aliphatic rings. The van der Waals surface area contributed by atoms with Crippen LogP contribution in [0.2, 0.25) is 0 Å². The molecule has 5 heteroatoms. The van der Waals surface area contributed by atoms with E-state index in [1.54, 1.807) is 31.5 Å². The first-order valence-corrected chi connectivity index (χ1v) is 10.2. The van der Waals surface area contributed by atoms with E-state index < -0.39 is 0 Å². The van der Waals surface area contributed by atoms with Gasteiger partial charge >= 0.3 is 0 Å². The van der Waals surface area contributed by atoms with Crippen LogP contribution in [0.25, 0.3) is 33.3 Å². The van der Waals surface area contributed by atoms with Crippen molar-refractivity contribution in [2.45, 2.75) is 26.2 Å². The summed E-state index contributed by atoms with van der Waals surface area (Å²) in [5, 5.41) is 9.42. The second kappa shape index (κ2) is 8.93. The Bertz CT molecular complexity index is 1310. The van der Waals surface area contributed by atoms with Crippen molar-refractivity contribution in [1.82, 2.24) is 9.97 Å². The molecule has 0 bridgehead atoms. The van der Waals surface area contributed by atoms with Gasteiger partial charge in [0.15, 0.2) is 5.78 Å². The molecule has 2 aromatic carbocycles. The summed E-state index contributed by atoms with van der Waals surface area (Å²) in [6, 6.07) is 20.0. The van der Waals surface area contributed by atoms with Crippen molar-refractivity contribution in [3.05, 3.63) is 78.1 Å². The van der Waals surface area contributed by atoms with E-state index in [-0.39, 0.29) is 5.78 Å². The third-order valence-corrected chi connectivity index (χ3v) is 5.36. The number of pyridine rings is 2. The van der Waals surface area contributed by atoms with Gasteiger partial charge in [-0.2, -0.15) is 5.26 Å². The molecule has 4 nitrogen and oxygen atoms in total. The molecule has 0 saturated heterocycles. The highest BCUT2D eigenvalue weighted by molar-refractivity contribution is 6.36. The largest absolute Gasteiger partial charge is 0.294 e. The highest BCUT2D eigenvalue weighted by Gasteiger charge is 2.13. The van der Waals surface area contributed by atoms with Crippen LogP contribution >= 0.6 is 0 Å². The maximum atomic E-state index is 12.2. The van der Waals surface area contributed by atoms with Crippen LogP contribution in [0.1, 0.15) is 35.7 Å². The number of carbonyl (C=O) groups excluding carboxylic acids is 1. The van der Waals surface area contributed by atoms with E-state index in [0.29, 0.717) is 28.7 Å². The van der Waals surface area contributed by atoms with Gasteiger partial charge in [0.25, 0.3) is 0 Å². The van der Waals surface area contributed by atoms with Gasteiger partial charge in [0.1, 0.15) is 7.85 Å². The maximum absolute atomic E-state index is 12.2. The molecular weight excluding hydrogens is 381 g/mol. The minimum Gasteiger partial charge on any atom is -0.294 e. The minimum atomic E-state index is -0.0355. The fraction of sp³-hybridized carbons (Fsp3) is 0.154. The number of aryl methyl sites for hydroxylation is 1. The Hall–Kier alpha value is -3.78. The Labute approximate surface area is 183 Å². The van der Waals surface area contributed by atoms with E-state index in [4.69, 9.17) is 18.1 Å². The summed E-state index contributed by atoms with van der Waals surface area (Å²) in [6.07, 6.45) is 5.67. The lowest BCUT2D eigenvalue weighted by molar-refractivity contribution is 0.101. The van der Waals surface area contributed by atoms with Crippen molar-refractivity contribution in [2.75, 3.05) is 0 Å². The van der Waals surface area contributed by atoms with Gasteiger partial charge in [-0.25, -0.2) is 4.98 Å². The average molecular weight is 401 g/mol. The molecule has 2 heterocycles. The number of carbonyl (C=O) groups is 1. The Balaban J connectivity index is 1.67. The molecule has 2 aromatic heterocycles. The lowest BCUT2D eigenvalue weighted by atomic mass is 9.85. The molecule has 148 valence electrons. The smallest absolute Gasteiger partial charge is 0.160 e. The molecule has 0 aliphatic heterocycles. The highest BCUT2D eigenvalue weighted by atomic mass is 16.1. The molecule has 0 N–H and O–H groups in total. The molecule has 4 aromatic rings. The van der Waals surface area contributed by atoms with Crippen molar-refractivity contribution in [3.8, 4) is 28.5 Å². The molecule has 0 spiro atoms. The van der Waals surface area contributed by atoms with Crippen LogP contribution < -0.4 is 5.46 Å². The lowest BCUT2D eigenvalue weighted by Gasteiger charge is -2.12. The second-order valence-corrected chi connectivity index (χ2v) is 7.51. The van der Waals surface area contributed by atoms with Gasteiger partial charge < -0.3 is 0 Å². The lowest BCUT2D eigenvalue weighted by Crippen LogP contribution is -2.09. The molecule has 0 amide bonds. The summed E-state index contributed by atoms with van der Waals surface area (Å²) in [4.78, 5) is 21.0. The van der Waals surface area contributed by atoms with E-state index >= 15 is 0 Å². The number of Topliss-reactive ketones (excluding diaryl/α,β-unsaturated/α-hetero) is 1. The number of nitrogens with zero attached hydrogens (tertiary/aromatic N) is 3. The number of fused-ring (bicyclic) bond motifs is 1. The second-order valence-electron chi connectivity index (χ2n) is 7.51. The fourth-order valence-electron chi connectivity index (χ4n) is 3.71. The van der Waals surface area contributed by atoms with E-state index in [1.807, 2.05) is 18.2 Å². The van der Waals surface area contributed by atoms with Crippen LogP contribution in [0, 0.1) is 11.3 Å². The van der Waals surface area contributed by atoms with Crippen LogP contribution in [-0.4, -0.2) is 23.6 Å². The molecule has 31 heavy (non-hydrogen) atoms. The molecular formula is C26H20BN3O. The average Bonchev–Trinajstić information content (AvgIpc) is 2.79. The Morgan fingerprint density at radius 2 is 1.84 bits per heavy atom. The summed E-state index contributed by atoms with van der Waals surface area (Å²) < 4.78 is 0. The van der Waals surface area contributed by atoms with Crippen LogP contribution in [0.15, 0.2) is 67.0 Å². The highest BCUT2D eigenvalue weighted by Crippen LogP contribution is 2.26. The number of nitriles is 1. The Kier molecular flexibility index (Phi) is 5.90. The Morgan fingerprint density at radius 3 is 2.55 bits per heavy atom. The van der Waals surface area contributed by atoms with Gasteiger partial charge in [-0.1, -0.05) is 47.9 Å². The molecule has 4 rings (SSSR count). The van der Waals surface area contributed by atoms with Crippen LogP contribution in [0.3, 0.4) is 0 Å². The molecule has 0 saturated carbocycles. The minimum absolute atomic E-state index is 0.0355. The van der Waals surface area contributed by atoms with Crippen LogP contribution in [-0.2, 0) is 6.42 Å². The first kappa shape index (κ1) is 20.5. The van der Waals surface area contributed by atoms with Gasteiger partial charge in [0.05, 0.1) is 17.3 Å². The topological polar surface area (TPSA) is 66.6 Å². The number of rotatable bonds is 6. The van der Waals surface area contributed by atoms with Gasteiger partial charge in [0.2, 0.25) is 0 Å². The predicted octanol–water partition coefficient (Wildman–Crippen LogP) is 4.81. The van der Waals surface area contributed by atoms with E-state index in [2.05, 4.69) is 35.3 Å². The van der Waals surface area contributed by atoms with E-state index in [9.17, 15) is 4.79 Å². The molecule has 0 atom stereocenters. The number of hydrogen-bond acceptors (Lipinski definition) is 4. The number of ketones is 1. The third-order valence-electron chi connectivity index (χ3n) is 5.36. The molecule has 0 fully saturated rings. The summed E-state index contributed by atoms with van der Waals surface area (Å²) in [5.74, 6) is -0.0355. The molecule has 0 unspecified atom stereocenters. The standard InChI is InChI=1S/C26H20BN3O/c1-17(31)22-15-26(30-25-11-13-29-16-23(22)25)21-10-9-20(14-24(21)27)19-7-5-18(6-8-19)4-2-3-12-28/h5-11,13-16H,2-4H2,1H3.